The molecule has 12 rings (SSSR count). The van der Waals surface area contributed by atoms with Crippen LogP contribution in [0.3, 0.4) is 0 Å². The maximum absolute atomic E-state index is 2.54. The Morgan fingerprint density at radius 1 is 0.238 bits per heavy atom. The standard InChI is InChI=1S/C60H41BN2/c1-6-18-42(19-7-1)46-32-35-51(36-33-46)62-56-39-49(44-22-10-3-11-23-44)34-37-54(56)61-59-53(47-26-14-5-15-27-47)30-17-31-55(59)63(52-29-16-28-48(38-52)43-20-8-2-9-21-43)58-41-50(40-57(62)60(58)61)45-24-12-4-13-25-45/h1-41H. The van der Waals surface area contributed by atoms with Crippen molar-refractivity contribution in [2.45, 2.75) is 0 Å². The zero-order valence-electron chi connectivity index (χ0n) is 34.6. The van der Waals surface area contributed by atoms with Gasteiger partial charge < -0.3 is 9.80 Å². The Kier molecular flexibility index (Phi) is 8.97. The lowest BCUT2D eigenvalue weighted by Crippen LogP contribution is -2.61. The molecule has 0 unspecified atom stereocenters. The highest BCUT2D eigenvalue weighted by molar-refractivity contribution is 7.01. The molecule has 0 spiro atoms. The highest BCUT2D eigenvalue weighted by atomic mass is 15.2. The average molecular weight is 801 g/mol. The maximum atomic E-state index is 2.54. The molecular weight excluding hydrogens is 759 g/mol. The number of benzene rings is 10. The quantitative estimate of drug-likeness (QED) is 0.148. The van der Waals surface area contributed by atoms with Crippen LogP contribution in [0.4, 0.5) is 34.1 Å². The van der Waals surface area contributed by atoms with E-state index in [1.807, 2.05) is 0 Å². The van der Waals surface area contributed by atoms with E-state index in [2.05, 4.69) is 259 Å². The van der Waals surface area contributed by atoms with Gasteiger partial charge in [0.05, 0.1) is 0 Å². The van der Waals surface area contributed by atoms with Gasteiger partial charge in [-0.05, 0) is 121 Å². The molecule has 0 aliphatic carbocycles. The van der Waals surface area contributed by atoms with Crippen LogP contribution in [0.25, 0.3) is 55.6 Å². The molecule has 0 radical (unpaired) electrons. The molecule has 294 valence electrons. The van der Waals surface area contributed by atoms with Crippen molar-refractivity contribution in [2.24, 2.45) is 0 Å². The van der Waals surface area contributed by atoms with Crippen LogP contribution in [-0.4, -0.2) is 6.71 Å². The Morgan fingerprint density at radius 3 is 1.25 bits per heavy atom. The van der Waals surface area contributed by atoms with Crippen LogP contribution >= 0.6 is 0 Å². The average Bonchev–Trinajstić information content (AvgIpc) is 3.37. The van der Waals surface area contributed by atoms with Crippen LogP contribution in [0.15, 0.2) is 249 Å². The second kappa shape index (κ2) is 15.4. The van der Waals surface area contributed by atoms with Crippen molar-refractivity contribution in [3.63, 3.8) is 0 Å². The fraction of sp³-hybridized carbons (Fsp3) is 0. The molecule has 0 amide bonds. The summed E-state index contributed by atoms with van der Waals surface area (Å²) >= 11 is 0. The van der Waals surface area contributed by atoms with Gasteiger partial charge in [0.2, 0.25) is 0 Å². The Morgan fingerprint density at radius 2 is 0.667 bits per heavy atom. The van der Waals surface area contributed by atoms with Crippen molar-refractivity contribution in [1.29, 1.82) is 0 Å². The Bertz CT molecular complexity index is 3260. The Balaban J connectivity index is 1.18. The summed E-state index contributed by atoms with van der Waals surface area (Å²) < 4.78 is 0. The third kappa shape index (κ3) is 6.37. The molecule has 2 nitrogen and oxygen atoms in total. The predicted molar refractivity (Wildman–Crippen MR) is 268 cm³/mol. The van der Waals surface area contributed by atoms with Crippen LogP contribution in [0.1, 0.15) is 0 Å². The van der Waals surface area contributed by atoms with Crippen molar-refractivity contribution in [2.75, 3.05) is 9.80 Å². The van der Waals surface area contributed by atoms with E-state index in [4.69, 9.17) is 0 Å². The number of nitrogens with zero attached hydrogens (tertiary/aromatic N) is 2. The van der Waals surface area contributed by atoms with E-state index >= 15 is 0 Å². The summed E-state index contributed by atoms with van der Waals surface area (Å²) in [4.78, 5) is 5.07. The predicted octanol–water partition coefficient (Wildman–Crippen LogP) is 14.1. The first-order valence-corrected chi connectivity index (χ1v) is 21.8. The summed E-state index contributed by atoms with van der Waals surface area (Å²) in [5.41, 5.74) is 22.8. The minimum absolute atomic E-state index is 0.0561. The fourth-order valence-corrected chi connectivity index (χ4v) is 9.96. The molecule has 0 N–H and O–H groups in total. The van der Waals surface area contributed by atoms with E-state index in [0.29, 0.717) is 0 Å². The summed E-state index contributed by atoms with van der Waals surface area (Å²) in [5.74, 6) is 0. The molecule has 0 saturated carbocycles. The van der Waals surface area contributed by atoms with Crippen molar-refractivity contribution >= 4 is 57.2 Å². The second-order valence-corrected chi connectivity index (χ2v) is 16.5. The van der Waals surface area contributed by atoms with Crippen LogP contribution in [0, 0.1) is 0 Å². The number of hydrogen-bond acceptors (Lipinski definition) is 2. The molecule has 0 aromatic heterocycles. The number of hydrogen-bond donors (Lipinski definition) is 0. The van der Waals surface area contributed by atoms with Crippen molar-refractivity contribution < 1.29 is 0 Å². The van der Waals surface area contributed by atoms with Gasteiger partial charge in [-0.3, -0.25) is 0 Å². The molecule has 3 heteroatoms. The van der Waals surface area contributed by atoms with Crippen molar-refractivity contribution in [1.82, 2.24) is 0 Å². The van der Waals surface area contributed by atoms with Gasteiger partial charge in [0.25, 0.3) is 6.71 Å². The van der Waals surface area contributed by atoms with E-state index in [-0.39, 0.29) is 6.71 Å². The van der Waals surface area contributed by atoms with Gasteiger partial charge in [-0.15, -0.1) is 0 Å². The highest BCUT2D eigenvalue weighted by Gasteiger charge is 2.45. The monoisotopic (exact) mass is 800 g/mol. The highest BCUT2D eigenvalue weighted by Crippen LogP contribution is 2.48. The topological polar surface area (TPSA) is 6.48 Å². The lowest BCUT2D eigenvalue weighted by molar-refractivity contribution is 1.25. The molecule has 63 heavy (non-hydrogen) atoms. The Hall–Kier alpha value is -8.14. The summed E-state index contributed by atoms with van der Waals surface area (Å²) in [5, 5.41) is 0. The first-order chi connectivity index (χ1) is 31.3. The van der Waals surface area contributed by atoms with Gasteiger partial charge in [-0.2, -0.15) is 0 Å². The Labute approximate surface area is 369 Å². The molecule has 2 aliphatic rings. The third-order valence-corrected chi connectivity index (χ3v) is 12.8. The van der Waals surface area contributed by atoms with Crippen molar-refractivity contribution in [3.05, 3.63) is 249 Å². The van der Waals surface area contributed by atoms with E-state index in [1.54, 1.807) is 0 Å². The lowest BCUT2D eigenvalue weighted by Gasteiger charge is -2.45. The van der Waals surface area contributed by atoms with Gasteiger partial charge in [0.1, 0.15) is 0 Å². The van der Waals surface area contributed by atoms with Gasteiger partial charge in [0, 0.05) is 34.1 Å². The molecule has 2 heterocycles. The van der Waals surface area contributed by atoms with Crippen LogP contribution in [0.2, 0.25) is 0 Å². The maximum Gasteiger partial charge on any atom is 0.252 e. The summed E-state index contributed by atoms with van der Waals surface area (Å²) in [6.07, 6.45) is 0. The van der Waals surface area contributed by atoms with Crippen LogP contribution < -0.4 is 26.2 Å². The van der Waals surface area contributed by atoms with E-state index in [1.165, 1.54) is 94.8 Å². The van der Waals surface area contributed by atoms with E-state index in [9.17, 15) is 0 Å². The van der Waals surface area contributed by atoms with Crippen LogP contribution in [0.5, 0.6) is 0 Å². The first-order valence-electron chi connectivity index (χ1n) is 21.8. The third-order valence-electron chi connectivity index (χ3n) is 12.8. The molecular formula is C60H41BN2. The van der Waals surface area contributed by atoms with Gasteiger partial charge in [-0.25, -0.2) is 0 Å². The molecule has 10 aromatic rings. The zero-order chi connectivity index (χ0) is 41.7. The van der Waals surface area contributed by atoms with E-state index in [0.717, 1.165) is 11.4 Å². The smallest absolute Gasteiger partial charge is 0.252 e. The molecule has 0 saturated heterocycles. The van der Waals surface area contributed by atoms with Gasteiger partial charge in [0.15, 0.2) is 0 Å². The summed E-state index contributed by atoms with van der Waals surface area (Å²) in [6, 6.07) is 91.2. The molecule has 2 aliphatic heterocycles. The minimum Gasteiger partial charge on any atom is -0.311 e. The second-order valence-electron chi connectivity index (χ2n) is 16.5. The summed E-state index contributed by atoms with van der Waals surface area (Å²) in [7, 11) is 0. The molecule has 0 fully saturated rings. The minimum atomic E-state index is -0.0561. The molecule has 0 atom stereocenters. The van der Waals surface area contributed by atoms with Gasteiger partial charge >= 0.3 is 0 Å². The van der Waals surface area contributed by atoms with E-state index < -0.39 is 0 Å². The first kappa shape index (κ1) is 36.7. The number of rotatable bonds is 7. The number of anilines is 6. The normalized spacial score (nSPS) is 12.3. The molecule has 0 bridgehead atoms. The fourth-order valence-electron chi connectivity index (χ4n) is 9.96. The SMILES string of the molecule is c1ccc(-c2ccc(N3c4cc(-c5ccccc5)ccc4B4c5c(-c6ccccc6)cccc5N(c5cccc(-c6ccccc6)c5)c5cc(-c6ccccc6)cc3c54)cc2)cc1. The van der Waals surface area contributed by atoms with Crippen LogP contribution in [-0.2, 0) is 0 Å². The lowest BCUT2D eigenvalue weighted by atomic mass is 9.32. The largest absolute Gasteiger partial charge is 0.311 e. The van der Waals surface area contributed by atoms with Gasteiger partial charge in [-0.1, -0.05) is 200 Å². The number of fused-ring (bicyclic) bond motifs is 4. The van der Waals surface area contributed by atoms with Crippen molar-refractivity contribution in [3.8, 4) is 55.6 Å². The zero-order valence-corrected chi connectivity index (χ0v) is 34.6. The summed E-state index contributed by atoms with van der Waals surface area (Å²) in [6.45, 7) is -0.0561. The molecule has 10 aromatic carbocycles.